The van der Waals surface area contributed by atoms with E-state index in [0.717, 1.165) is 57.5 Å². The standard InChI is InChI=1S/C21H20ClN3O/c1-14-16(5-4-6-17(14)22)20-10-9-15(26-20)13-23-12-11-21-24-18-7-2-3-8-19(18)25-21/h2-10,23H,11-13H2,1H3,(H,24,25). The predicted octanol–water partition coefficient (Wildman–Crippen LogP) is 5.12. The monoisotopic (exact) mass is 365 g/mol. The molecule has 4 rings (SSSR count). The molecule has 0 amide bonds. The number of aromatic amines is 1. The lowest BCUT2D eigenvalue weighted by Gasteiger charge is -2.04. The van der Waals surface area contributed by atoms with Gasteiger partial charge in [-0.2, -0.15) is 0 Å². The van der Waals surface area contributed by atoms with Crippen LogP contribution in [0.5, 0.6) is 0 Å². The maximum absolute atomic E-state index is 6.20. The van der Waals surface area contributed by atoms with Crippen LogP contribution in [0.25, 0.3) is 22.4 Å². The Bertz CT molecular complexity index is 1000. The second kappa shape index (κ2) is 7.36. The number of hydrogen-bond acceptors (Lipinski definition) is 3. The van der Waals surface area contributed by atoms with Crippen LogP contribution in [0.4, 0.5) is 0 Å². The highest BCUT2D eigenvalue weighted by molar-refractivity contribution is 6.31. The van der Waals surface area contributed by atoms with Gasteiger partial charge in [0.05, 0.1) is 17.6 Å². The molecular weight excluding hydrogens is 346 g/mol. The summed E-state index contributed by atoms with van der Waals surface area (Å²) in [7, 11) is 0. The number of halogens is 1. The second-order valence-corrected chi connectivity index (χ2v) is 6.71. The molecule has 0 bridgehead atoms. The van der Waals surface area contributed by atoms with Gasteiger partial charge in [0.1, 0.15) is 17.3 Å². The highest BCUT2D eigenvalue weighted by Crippen LogP contribution is 2.29. The molecule has 132 valence electrons. The molecular formula is C21H20ClN3O. The van der Waals surface area contributed by atoms with Gasteiger partial charge in [-0.25, -0.2) is 4.98 Å². The van der Waals surface area contributed by atoms with Crippen LogP contribution in [-0.2, 0) is 13.0 Å². The first-order chi connectivity index (χ1) is 12.7. The van der Waals surface area contributed by atoms with Gasteiger partial charge in [-0.3, -0.25) is 0 Å². The van der Waals surface area contributed by atoms with Gasteiger partial charge in [-0.15, -0.1) is 0 Å². The van der Waals surface area contributed by atoms with Crippen LogP contribution in [0.15, 0.2) is 59.0 Å². The van der Waals surface area contributed by atoms with Gasteiger partial charge in [0, 0.05) is 23.6 Å². The molecule has 0 saturated carbocycles. The van der Waals surface area contributed by atoms with Gasteiger partial charge in [-0.1, -0.05) is 35.9 Å². The zero-order chi connectivity index (χ0) is 17.9. The first-order valence-corrected chi connectivity index (χ1v) is 9.07. The number of benzene rings is 2. The number of para-hydroxylation sites is 2. The number of aromatic nitrogens is 2. The molecule has 26 heavy (non-hydrogen) atoms. The number of nitrogens with zero attached hydrogens (tertiary/aromatic N) is 1. The predicted molar refractivity (Wildman–Crippen MR) is 105 cm³/mol. The average molecular weight is 366 g/mol. The zero-order valence-electron chi connectivity index (χ0n) is 14.6. The molecule has 0 atom stereocenters. The Kier molecular flexibility index (Phi) is 4.78. The fraction of sp³-hybridized carbons (Fsp3) is 0.190. The zero-order valence-corrected chi connectivity index (χ0v) is 15.3. The maximum atomic E-state index is 6.20. The molecule has 0 radical (unpaired) electrons. The topological polar surface area (TPSA) is 53.9 Å². The summed E-state index contributed by atoms with van der Waals surface area (Å²) in [5.41, 5.74) is 4.16. The molecule has 2 N–H and O–H groups in total. The number of nitrogens with one attached hydrogen (secondary N) is 2. The van der Waals surface area contributed by atoms with Crippen LogP contribution < -0.4 is 5.32 Å². The van der Waals surface area contributed by atoms with Crippen LogP contribution in [0, 0.1) is 6.92 Å². The first-order valence-electron chi connectivity index (χ1n) is 8.69. The molecule has 0 unspecified atom stereocenters. The van der Waals surface area contributed by atoms with Crippen LogP contribution in [0.2, 0.25) is 5.02 Å². The lowest BCUT2D eigenvalue weighted by molar-refractivity contribution is 0.493. The first kappa shape index (κ1) is 16.9. The minimum atomic E-state index is 0.680. The lowest BCUT2D eigenvalue weighted by atomic mass is 10.1. The van der Waals surface area contributed by atoms with Crippen molar-refractivity contribution in [2.75, 3.05) is 6.54 Å². The van der Waals surface area contributed by atoms with Crippen LogP contribution in [0.1, 0.15) is 17.1 Å². The van der Waals surface area contributed by atoms with Crippen molar-refractivity contribution in [3.05, 3.63) is 76.8 Å². The summed E-state index contributed by atoms with van der Waals surface area (Å²) >= 11 is 6.20. The van der Waals surface area contributed by atoms with E-state index in [1.54, 1.807) is 0 Å². The van der Waals surface area contributed by atoms with Gasteiger partial charge >= 0.3 is 0 Å². The summed E-state index contributed by atoms with van der Waals surface area (Å²) in [6.07, 6.45) is 0.843. The Labute approximate surface area is 157 Å². The molecule has 0 aliphatic heterocycles. The van der Waals surface area contributed by atoms with E-state index in [1.165, 1.54) is 0 Å². The largest absolute Gasteiger partial charge is 0.460 e. The quantitative estimate of drug-likeness (QED) is 0.466. The van der Waals surface area contributed by atoms with E-state index in [1.807, 2.05) is 61.5 Å². The molecule has 2 aromatic heterocycles. The Morgan fingerprint density at radius 3 is 2.85 bits per heavy atom. The second-order valence-electron chi connectivity index (χ2n) is 6.31. The molecule has 0 aliphatic rings. The van der Waals surface area contributed by atoms with Gasteiger partial charge in [0.15, 0.2) is 0 Å². The van der Waals surface area contributed by atoms with E-state index in [-0.39, 0.29) is 0 Å². The molecule has 0 saturated heterocycles. The molecule has 2 heterocycles. The summed E-state index contributed by atoms with van der Waals surface area (Å²) in [6.45, 7) is 3.51. The Morgan fingerprint density at radius 2 is 1.96 bits per heavy atom. The Morgan fingerprint density at radius 1 is 1.08 bits per heavy atom. The molecule has 0 aliphatic carbocycles. The molecule has 5 heteroatoms. The van der Waals surface area contributed by atoms with Crippen molar-refractivity contribution in [2.24, 2.45) is 0 Å². The van der Waals surface area contributed by atoms with Gasteiger partial charge < -0.3 is 14.7 Å². The number of fused-ring (bicyclic) bond motifs is 1. The fourth-order valence-electron chi connectivity index (χ4n) is 3.03. The lowest BCUT2D eigenvalue weighted by Crippen LogP contribution is -2.16. The molecule has 0 fully saturated rings. The SMILES string of the molecule is Cc1c(Cl)cccc1-c1ccc(CNCCc2nc3ccccc3[nH]2)o1. The van der Waals surface area contributed by atoms with E-state index in [4.69, 9.17) is 16.0 Å². The van der Waals surface area contributed by atoms with Crippen molar-refractivity contribution in [1.29, 1.82) is 0 Å². The third kappa shape index (κ3) is 3.52. The Hall–Kier alpha value is -2.56. The average Bonchev–Trinajstić information content (AvgIpc) is 3.27. The smallest absolute Gasteiger partial charge is 0.134 e. The van der Waals surface area contributed by atoms with Crippen molar-refractivity contribution in [3.63, 3.8) is 0 Å². The summed E-state index contributed by atoms with van der Waals surface area (Å²) in [5.74, 6) is 2.75. The number of hydrogen-bond donors (Lipinski definition) is 2. The van der Waals surface area contributed by atoms with E-state index < -0.39 is 0 Å². The molecule has 4 nitrogen and oxygen atoms in total. The third-order valence-corrected chi connectivity index (χ3v) is 4.88. The van der Waals surface area contributed by atoms with Gasteiger partial charge in [0.2, 0.25) is 0 Å². The number of furan rings is 1. The Balaban J connectivity index is 1.34. The van der Waals surface area contributed by atoms with Crippen LogP contribution in [-0.4, -0.2) is 16.5 Å². The van der Waals surface area contributed by atoms with E-state index >= 15 is 0 Å². The maximum Gasteiger partial charge on any atom is 0.134 e. The number of imidazole rings is 1. The summed E-state index contributed by atoms with van der Waals surface area (Å²) in [5, 5.41) is 4.16. The number of H-pyrrole nitrogens is 1. The molecule has 4 aromatic rings. The summed E-state index contributed by atoms with van der Waals surface area (Å²) < 4.78 is 5.96. The normalized spacial score (nSPS) is 11.3. The number of rotatable bonds is 6. The third-order valence-electron chi connectivity index (χ3n) is 4.47. The fourth-order valence-corrected chi connectivity index (χ4v) is 3.21. The van der Waals surface area contributed by atoms with Crippen LogP contribution >= 0.6 is 11.6 Å². The summed E-state index contributed by atoms with van der Waals surface area (Å²) in [4.78, 5) is 7.93. The van der Waals surface area contributed by atoms with Crippen molar-refractivity contribution in [1.82, 2.24) is 15.3 Å². The van der Waals surface area contributed by atoms with E-state index in [9.17, 15) is 0 Å². The van der Waals surface area contributed by atoms with Crippen molar-refractivity contribution >= 4 is 22.6 Å². The van der Waals surface area contributed by atoms with Gasteiger partial charge in [-0.05, 0) is 42.8 Å². The van der Waals surface area contributed by atoms with Crippen molar-refractivity contribution in [3.8, 4) is 11.3 Å². The highest BCUT2D eigenvalue weighted by atomic mass is 35.5. The van der Waals surface area contributed by atoms with E-state index in [0.29, 0.717) is 6.54 Å². The highest BCUT2D eigenvalue weighted by Gasteiger charge is 2.09. The summed E-state index contributed by atoms with van der Waals surface area (Å²) in [6, 6.07) is 17.9. The van der Waals surface area contributed by atoms with Crippen LogP contribution in [0.3, 0.4) is 0 Å². The van der Waals surface area contributed by atoms with Crippen molar-refractivity contribution < 1.29 is 4.42 Å². The minimum absolute atomic E-state index is 0.680. The van der Waals surface area contributed by atoms with Crippen molar-refractivity contribution in [2.45, 2.75) is 19.9 Å². The minimum Gasteiger partial charge on any atom is -0.460 e. The molecule has 2 aromatic carbocycles. The molecule has 0 spiro atoms. The van der Waals surface area contributed by atoms with E-state index in [2.05, 4.69) is 15.3 Å². The van der Waals surface area contributed by atoms with Gasteiger partial charge in [0.25, 0.3) is 0 Å².